The lowest BCUT2D eigenvalue weighted by Gasteiger charge is -2.09. The molecule has 2 aromatic rings. The largest absolute Gasteiger partial charge is 0.490 e. The Hall–Kier alpha value is -2.65. The van der Waals surface area contributed by atoms with Crippen LogP contribution in [0.2, 0.25) is 0 Å². The summed E-state index contributed by atoms with van der Waals surface area (Å²) >= 11 is 0. The van der Waals surface area contributed by atoms with Crippen molar-refractivity contribution < 1.29 is 27.0 Å². The number of hydrogen-bond donors (Lipinski definition) is 0. The number of rotatable bonds is 10. The summed E-state index contributed by atoms with van der Waals surface area (Å²) in [5, 5.41) is 10.6. The molecule has 0 fully saturated rings. The monoisotopic (exact) mass is 381 g/mol. The minimum atomic E-state index is -3.42. The summed E-state index contributed by atoms with van der Waals surface area (Å²) in [4.78, 5) is 10.1. The lowest BCUT2D eigenvalue weighted by atomic mass is 10.1. The van der Waals surface area contributed by atoms with Crippen LogP contribution in [0.15, 0.2) is 48.5 Å². The van der Waals surface area contributed by atoms with Crippen LogP contribution in [-0.4, -0.2) is 39.4 Å². The molecular formula is C17H19NO7S. The molecule has 0 aliphatic heterocycles. The van der Waals surface area contributed by atoms with E-state index in [1.54, 1.807) is 12.1 Å². The maximum atomic E-state index is 10.9. The second kappa shape index (κ2) is 9.16. The van der Waals surface area contributed by atoms with Crippen LogP contribution < -0.4 is 9.47 Å². The van der Waals surface area contributed by atoms with E-state index in [0.29, 0.717) is 31.1 Å². The molecule has 0 aliphatic rings. The van der Waals surface area contributed by atoms with Crippen LogP contribution in [0.3, 0.4) is 0 Å². The average molecular weight is 381 g/mol. The van der Waals surface area contributed by atoms with E-state index in [4.69, 9.17) is 13.7 Å². The van der Waals surface area contributed by atoms with E-state index in [1.807, 2.05) is 12.1 Å². The number of nitro benzene ring substituents is 1. The Morgan fingerprint density at radius 3 is 1.85 bits per heavy atom. The Labute approximate surface area is 151 Å². The van der Waals surface area contributed by atoms with Crippen molar-refractivity contribution in [2.24, 2.45) is 0 Å². The molecule has 140 valence electrons. The van der Waals surface area contributed by atoms with Crippen LogP contribution in [-0.2, 0) is 20.7 Å². The van der Waals surface area contributed by atoms with Crippen LogP contribution in [0.5, 0.6) is 11.5 Å². The molecule has 0 bridgehead atoms. The molecule has 0 aliphatic carbocycles. The first-order valence-electron chi connectivity index (χ1n) is 7.77. The predicted molar refractivity (Wildman–Crippen MR) is 95.0 cm³/mol. The zero-order valence-corrected chi connectivity index (χ0v) is 15.0. The summed E-state index contributed by atoms with van der Waals surface area (Å²) in [5.74, 6) is 1.19. The fourth-order valence-corrected chi connectivity index (χ4v) is 2.43. The lowest BCUT2D eigenvalue weighted by molar-refractivity contribution is -0.384. The summed E-state index contributed by atoms with van der Waals surface area (Å²) in [6.45, 7) is 0.706. The lowest BCUT2D eigenvalue weighted by Crippen LogP contribution is -2.09. The molecule has 0 atom stereocenters. The number of ether oxygens (including phenoxy) is 2. The van der Waals surface area contributed by atoms with Crippen molar-refractivity contribution in [3.05, 3.63) is 64.2 Å². The number of benzene rings is 2. The number of nitrogens with zero attached hydrogens (tertiary/aromatic N) is 1. The Morgan fingerprint density at radius 2 is 1.38 bits per heavy atom. The first-order chi connectivity index (χ1) is 12.3. The van der Waals surface area contributed by atoms with Gasteiger partial charge in [0.25, 0.3) is 15.8 Å². The predicted octanol–water partition coefficient (Wildman–Crippen LogP) is 2.57. The van der Waals surface area contributed by atoms with Gasteiger partial charge < -0.3 is 9.47 Å². The maximum absolute atomic E-state index is 10.9. The van der Waals surface area contributed by atoms with Gasteiger partial charge in [-0.1, -0.05) is 12.1 Å². The van der Waals surface area contributed by atoms with Crippen molar-refractivity contribution in [3.8, 4) is 11.5 Å². The molecule has 0 amide bonds. The van der Waals surface area contributed by atoms with E-state index in [1.165, 1.54) is 24.3 Å². The smallest absolute Gasteiger partial charge is 0.269 e. The van der Waals surface area contributed by atoms with E-state index >= 15 is 0 Å². The topological polar surface area (TPSA) is 105 Å². The summed E-state index contributed by atoms with van der Waals surface area (Å²) < 4.78 is 37.5. The molecule has 8 nitrogen and oxygen atoms in total. The van der Waals surface area contributed by atoms with Gasteiger partial charge >= 0.3 is 0 Å². The quantitative estimate of drug-likeness (QED) is 0.269. The Bertz CT molecular complexity index is 817. The molecular weight excluding hydrogens is 362 g/mol. The van der Waals surface area contributed by atoms with Gasteiger partial charge in [-0.05, 0) is 36.2 Å². The van der Waals surface area contributed by atoms with Crippen molar-refractivity contribution in [3.63, 3.8) is 0 Å². The first-order valence-corrected chi connectivity index (χ1v) is 9.58. The van der Waals surface area contributed by atoms with E-state index in [2.05, 4.69) is 0 Å². The molecule has 26 heavy (non-hydrogen) atoms. The van der Waals surface area contributed by atoms with Crippen molar-refractivity contribution in [1.29, 1.82) is 0 Å². The van der Waals surface area contributed by atoms with Gasteiger partial charge in [0, 0.05) is 12.1 Å². The second-order valence-corrected chi connectivity index (χ2v) is 7.01. The third kappa shape index (κ3) is 7.08. The molecule has 0 unspecified atom stereocenters. The highest BCUT2D eigenvalue weighted by Gasteiger charge is 2.05. The van der Waals surface area contributed by atoms with Crippen molar-refractivity contribution in [1.82, 2.24) is 0 Å². The zero-order valence-electron chi connectivity index (χ0n) is 14.2. The van der Waals surface area contributed by atoms with Gasteiger partial charge in [0.1, 0.15) is 24.7 Å². The van der Waals surface area contributed by atoms with Gasteiger partial charge in [0.15, 0.2) is 0 Å². The molecule has 0 saturated carbocycles. The molecule has 2 aromatic carbocycles. The van der Waals surface area contributed by atoms with Crippen LogP contribution in [0, 0.1) is 10.1 Å². The highest BCUT2D eigenvalue weighted by molar-refractivity contribution is 7.85. The van der Waals surface area contributed by atoms with E-state index < -0.39 is 15.0 Å². The summed E-state index contributed by atoms with van der Waals surface area (Å²) in [6, 6.07) is 13.0. The zero-order chi connectivity index (χ0) is 19.0. The average Bonchev–Trinajstić information content (AvgIpc) is 2.59. The highest BCUT2D eigenvalue weighted by Crippen LogP contribution is 2.17. The van der Waals surface area contributed by atoms with Crippen LogP contribution in [0.4, 0.5) is 5.69 Å². The third-order valence-electron chi connectivity index (χ3n) is 3.28. The van der Waals surface area contributed by atoms with E-state index in [9.17, 15) is 18.5 Å². The number of non-ortho nitro benzene ring substituents is 1. The normalized spacial score (nSPS) is 11.1. The van der Waals surface area contributed by atoms with Gasteiger partial charge in [-0.2, -0.15) is 8.42 Å². The standard InChI is InChI=1S/C17H19NO7S/c1-26(21,22)25-11-10-14-2-6-16(7-3-14)23-12-13-24-17-8-4-15(5-9-17)18(19)20/h2-9H,10-13H2,1H3. The molecule has 0 saturated heterocycles. The SMILES string of the molecule is CS(=O)(=O)OCCc1ccc(OCCOc2ccc([N+](=O)[O-])cc2)cc1. The van der Waals surface area contributed by atoms with E-state index in [-0.39, 0.29) is 12.3 Å². The molecule has 0 heterocycles. The fraction of sp³-hybridized carbons (Fsp3) is 0.294. The third-order valence-corrected chi connectivity index (χ3v) is 3.87. The van der Waals surface area contributed by atoms with Gasteiger partial charge in [-0.3, -0.25) is 14.3 Å². The molecule has 0 radical (unpaired) electrons. The molecule has 0 N–H and O–H groups in total. The van der Waals surface area contributed by atoms with Crippen LogP contribution in [0.1, 0.15) is 5.56 Å². The Balaban J connectivity index is 1.70. The van der Waals surface area contributed by atoms with E-state index in [0.717, 1.165) is 11.8 Å². The second-order valence-electron chi connectivity index (χ2n) is 5.37. The maximum Gasteiger partial charge on any atom is 0.269 e. The minimum absolute atomic E-state index is 0.00984. The van der Waals surface area contributed by atoms with Crippen molar-refractivity contribution in [2.45, 2.75) is 6.42 Å². The molecule has 2 rings (SSSR count). The number of hydrogen-bond acceptors (Lipinski definition) is 7. The van der Waals surface area contributed by atoms with Gasteiger partial charge in [-0.15, -0.1) is 0 Å². The van der Waals surface area contributed by atoms with Crippen molar-refractivity contribution >= 4 is 15.8 Å². The summed E-state index contributed by atoms with van der Waals surface area (Å²) in [6.07, 6.45) is 1.50. The Morgan fingerprint density at radius 1 is 0.885 bits per heavy atom. The van der Waals surface area contributed by atoms with Gasteiger partial charge in [0.2, 0.25) is 0 Å². The van der Waals surface area contributed by atoms with Crippen LogP contribution >= 0.6 is 0 Å². The fourth-order valence-electron chi connectivity index (χ4n) is 2.05. The van der Waals surface area contributed by atoms with Gasteiger partial charge in [-0.25, -0.2) is 0 Å². The Kier molecular flexibility index (Phi) is 6.93. The minimum Gasteiger partial charge on any atom is -0.490 e. The van der Waals surface area contributed by atoms with Crippen molar-refractivity contribution in [2.75, 3.05) is 26.1 Å². The van der Waals surface area contributed by atoms with Gasteiger partial charge in [0.05, 0.1) is 17.8 Å². The van der Waals surface area contributed by atoms with Crippen LogP contribution in [0.25, 0.3) is 0 Å². The summed E-state index contributed by atoms with van der Waals surface area (Å²) in [5.41, 5.74) is 0.943. The first kappa shape index (κ1) is 19.7. The molecule has 0 spiro atoms. The highest BCUT2D eigenvalue weighted by atomic mass is 32.2. The molecule has 0 aromatic heterocycles. The molecule has 9 heteroatoms. The summed E-state index contributed by atoms with van der Waals surface area (Å²) in [7, 11) is -3.42. The number of nitro groups is 1.